The minimum absolute atomic E-state index is 0.0265. The van der Waals surface area contributed by atoms with Gasteiger partial charge in [-0.15, -0.1) is 0 Å². The maximum absolute atomic E-state index is 12.6. The van der Waals surface area contributed by atoms with Crippen molar-refractivity contribution in [2.24, 2.45) is 0 Å². The Morgan fingerprint density at radius 1 is 1.22 bits per heavy atom. The summed E-state index contributed by atoms with van der Waals surface area (Å²) in [6.07, 6.45) is -1.00. The second-order valence-electron chi connectivity index (χ2n) is 8.54. The summed E-state index contributed by atoms with van der Waals surface area (Å²) in [5.74, 6) is 0.507. The Bertz CT molecular complexity index is 990. The fraction of sp³-hybridized carbons (Fsp3) is 0.737. The van der Waals surface area contributed by atoms with E-state index in [4.69, 9.17) is 9.26 Å². The predicted molar refractivity (Wildman–Crippen MR) is 116 cm³/mol. The van der Waals surface area contributed by atoms with E-state index in [1.54, 1.807) is 20.9 Å². The summed E-state index contributed by atoms with van der Waals surface area (Å²) in [5.41, 5.74) is -0.269. The molecule has 0 saturated carbocycles. The predicted octanol–water partition coefficient (Wildman–Crippen LogP) is 1.37. The van der Waals surface area contributed by atoms with Crippen molar-refractivity contribution in [3.8, 4) is 0 Å². The topological polar surface area (TPSA) is 172 Å². The molecule has 1 aliphatic rings. The fourth-order valence-electron chi connectivity index (χ4n) is 3.79. The van der Waals surface area contributed by atoms with Crippen LogP contribution in [0.5, 0.6) is 0 Å². The second kappa shape index (κ2) is 8.94. The van der Waals surface area contributed by atoms with Crippen molar-refractivity contribution in [1.29, 1.82) is 0 Å². The lowest BCUT2D eigenvalue weighted by Gasteiger charge is -2.38. The number of imidazole rings is 1. The minimum Gasteiger partial charge on any atom is -0.388 e. The molecular formula is C19H32N5O7P. The minimum atomic E-state index is -4.41. The molecule has 0 bridgehead atoms. The third kappa shape index (κ3) is 4.41. The zero-order valence-electron chi connectivity index (χ0n) is 18.8. The fourth-order valence-corrected chi connectivity index (χ4v) is 4.88. The standard InChI is InChI=1S/C19H32N5O7P/c1-6-19(7-2,31-32(28,29)18(3,4)27)8-11-13(25)14(26)17(30-11)24-10-23-12-15(20-5)21-9-22-16(12)24/h9-11,13-14,17,25-27H,6-8H2,1-5H3,(H,28,29)(H,20,21,22)/t11?,13?,14-,17-/m1/s1. The number of ether oxygens (including phenoxy) is 1. The van der Waals surface area contributed by atoms with Crippen LogP contribution in [-0.4, -0.2) is 76.0 Å². The van der Waals surface area contributed by atoms with Gasteiger partial charge in [0.1, 0.15) is 24.1 Å². The maximum atomic E-state index is 12.6. The Labute approximate surface area is 186 Å². The lowest BCUT2D eigenvalue weighted by molar-refractivity contribution is -0.0747. The first-order valence-electron chi connectivity index (χ1n) is 10.5. The molecule has 3 unspecified atom stereocenters. The molecule has 0 radical (unpaired) electrons. The van der Waals surface area contributed by atoms with Crippen molar-refractivity contribution in [2.75, 3.05) is 12.4 Å². The van der Waals surface area contributed by atoms with Gasteiger partial charge < -0.3 is 30.3 Å². The number of aliphatic hydroxyl groups is 3. The molecule has 180 valence electrons. The third-order valence-electron chi connectivity index (χ3n) is 6.08. The molecule has 1 fully saturated rings. The molecule has 5 atom stereocenters. The van der Waals surface area contributed by atoms with Crippen LogP contribution in [-0.2, 0) is 13.8 Å². The first-order chi connectivity index (χ1) is 14.9. The van der Waals surface area contributed by atoms with E-state index in [2.05, 4.69) is 20.3 Å². The van der Waals surface area contributed by atoms with Crippen LogP contribution >= 0.6 is 7.60 Å². The lowest BCUT2D eigenvalue weighted by Crippen LogP contribution is -2.41. The number of anilines is 1. The van der Waals surface area contributed by atoms with Gasteiger partial charge in [-0.1, -0.05) is 13.8 Å². The van der Waals surface area contributed by atoms with Gasteiger partial charge in [0.2, 0.25) is 0 Å². The van der Waals surface area contributed by atoms with Gasteiger partial charge >= 0.3 is 7.60 Å². The molecular weight excluding hydrogens is 441 g/mol. The molecule has 3 rings (SSSR count). The highest BCUT2D eigenvalue weighted by Gasteiger charge is 2.51. The Kier molecular flexibility index (Phi) is 6.98. The Hall–Kier alpha value is -1.66. The number of nitrogens with zero attached hydrogens (tertiary/aromatic N) is 4. The number of rotatable bonds is 9. The van der Waals surface area contributed by atoms with Crippen LogP contribution in [0.3, 0.4) is 0 Å². The Balaban J connectivity index is 1.88. The van der Waals surface area contributed by atoms with Gasteiger partial charge in [-0.05, 0) is 26.7 Å². The van der Waals surface area contributed by atoms with Gasteiger partial charge in [0.25, 0.3) is 0 Å². The summed E-state index contributed by atoms with van der Waals surface area (Å²) in [4.78, 5) is 22.9. The number of aliphatic hydroxyl groups excluding tert-OH is 2. The summed E-state index contributed by atoms with van der Waals surface area (Å²) < 4.78 is 25.8. The van der Waals surface area contributed by atoms with E-state index in [9.17, 15) is 24.8 Å². The van der Waals surface area contributed by atoms with Crippen LogP contribution in [0, 0.1) is 0 Å². The van der Waals surface area contributed by atoms with Crippen LogP contribution in [0.25, 0.3) is 11.2 Å². The highest BCUT2D eigenvalue weighted by Crippen LogP contribution is 2.58. The monoisotopic (exact) mass is 473 g/mol. The molecule has 2 aromatic rings. The van der Waals surface area contributed by atoms with E-state index in [0.29, 0.717) is 29.8 Å². The lowest BCUT2D eigenvalue weighted by atomic mass is 9.88. The average molecular weight is 473 g/mol. The number of aromatic nitrogens is 4. The van der Waals surface area contributed by atoms with Crippen LogP contribution in [0.15, 0.2) is 12.7 Å². The first-order valence-corrected chi connectivity index (χ1v) is 12.1. The van der Waals surface area contributed by atoms with Crippen molar-refractivity contribution < 1.29 is 34.0 Å². The van der Waals surface area contributed by atoms with Crippen molar-refractivity contribution in [3.05, 3.63) is 12.7 Å². The van der Waals surface area contributed by atoms with Crippen molar-refractivity contribution >= 4 is 24.6 Å². The van der Waals surface area contributed by atoms with Crippen molar-refractivity contribution in [3.63, 3.8) is 0 Å². The normalized spacial score (nSPS) is 26.4. The summed E-state index contributed by atoms with van der Waals surface area (Å²) in [5, 5.41) is 32.5. The van der Waals surface area contributed by atoms with Crippen LogP contribution < -0.4 is 5.32 Å². The van der Waals surface area contributed by atoms with E-state index >= 15 is 0 Å². The molecule has 2 aromatic heterocycles. The molecule has 1 saturated heterocycles. The smallest absolute Gasteiger partial charge is 0.359 e. The zero-order chi connectivity index (χ0) is 23.9. The van der Waals surface area contributed by atoms with Gasteiger partial charge in [0.05, 0.1) is 18.0 Å². The SMILES string of the molecule is CCC(CC)(CC1O[C@@H](n2cnc3c(NC)ncnc32)[C@H](O)C1O)OP(=O)(O)C(C)(C)O. The highest BCUT2D eigenvalue weighted by atomic mass is 31.2. The summed E-state index contributed by atoms with van der Waals surface area (Å²) in [7, 11) is -2.71. The number of nitrogens with one attached hydrogen (secondary N) is 1. The molecule has 3 heterocycles. The molecule has 0 amide bonds. The van der Waals surface area contributed by atoms with E-state index in [0.717, 1.165) is 0 Å². The molecule has 12 nitrogen and oxygen atoms in total. The van der Waals surface area contributed by atoms with Crippen LogP contribution in [0.4, 0.5) is 5.82 Å². The molecule has 1 aliphatic heterocycles. The third-order valence-corrected chi connectivity index (χ3v) is 8.10. The quantitative estimate of drug-likeness (QED) is 0.333. The molecule has 13 heteroatoms. The van der Waals surface area contributed by atoms with Crippen LogP contribution in [0.1, 0.15) is 53.2 Å². The number of hydrogen-bond donors (Lipinski definition) is 5. The maximum Gasteiger partial charge on any atom is 0.359 e. The van der Waals surface area contributed by atoms with E-state index in [1.807, 2.05) is 0 Å². The largest absolute Gasteiger partial charge is 0.388 e. The number of hydrogen-bond acceptors (Lipinski definition) is 10. The summed E-state index contributed by atoms with van der Waals surface area (Å²) >= 11 is 0. The average Bonchev–Trinajstić information content (AvgIpc) is 3.28. The Morgan fingerprint density at radius 2 is 1.88 bits per heavy atom. The van der Waals surface area contributed by atoms with Gasteiger partial charge in [-0.3, -0.25) is 13.7 Å². The highest BCUT2D eigenvalue weighted by molar-refractivity contribution is 7.54. The number of fused-ring (bicyclic) bond motifs is 1. The van der Waals surface area contributed by atoms with Gasteiger partial charge in [0, 0.05) is 13.5 Å². The second-order valence-corrected chi connectivity index (χ2v) is 10.9. The molecule has 5 N–H and O–H groups in total. The molecule has 0 spiro atoms. The molecule has 0 aliphatic carbocycles. The van der Waals surface area contributed by atoms with Crippen molar-refractivity contribution in [2.45, 2.75) is 82.4 Å². The van der Waals surface area contributed by atoms with E-state index in [1.165, 1.54) is 31.1 Å². The molecule has 32 heavy (non-hydrogen) atoms. The van der Waals surface area contributed by atoms with Gasteiger partial charge in [-0.25, -0.2) is 15.0 Å². The summed E-state index contributed by atoms with van der Waals surface area (Å²) in [6, 6.07) is 0. The zero-order valence-corrected chi connectivity index (χ0v) is 19.7. The van der Waals surface area contributed by atoms with E-state index < -0.39 is 43.1 Å². The molecule has 0 aromatic carbocycles. The van der Waals surface area contributed by atoms with Crippen LogP contribution in [0.2, 0.25) is 0 Å². The van der Waals surface area contributed by atoms with Gasteiger partial charge in [0.15, 0.2) is 23.0 Å². The van der Waals surface area contributed by atoms with Gasteiger partial charge in [-0.2, -0.15) is 0 Å². The first kappa shape index (κ1) is 25.0. The van der Waals surface area contributed by atoms with Crippen molar-refractivity contribution in [1.82, 2.24) is 19.5 Å². The van der Waals surface area contributed by atoms with E-state index in [-0.39, 0.29) is 6.42 Å². The Morgan fingerprint density at radius 3 is 2.44 bits per heavy atom. The summed E-state index contributed by atoms with van der Waals surface area (Å²) in [6.45, 7) is 5.97.